The van der Waals surface area contributed by atoms with Crippen molar-refractivity contribution in [2.45, 2.75) is 50.4 Å². The Morgan fingerprint density at radius 1 is 1.07 bits per heavy atom. The minimum absolute atomic E-state index is 0.0000336. The van der Waals surface area contributed by atoms with Crippen molar-refractivity contribution in [3.05, 3.63) is 53.1 Å². The monoisotopic (exact) mass is 428 g/mol. The average molecular weight is 429 g/mol. The third-order valence-electron chi connectivity index (χ3n) is 6.24. The van der Waals surface area contributed by atoms with Crippen LogP contribution in [-0.2, 0) is 11.3 Å². The molecule has 3 heterocycles. The molecular weight excluding hydrogens is 404 g/mol. The molecule has 0 aliphatic carbocycles. The molecule has 158 valence electrons. The molecule has 0 saturated carbocycles. The summed E-state index contributed by atoms with van der Waals surface area (Å²) in [5.74, 6) is 1.88. The minimum Gasteiger partial charge on any atom is -0.484 e. The Morgan fingerprint density at radius 3 is 2.57 bits per heavy atom. The summed E-state index contributed by atoms with van der Waals surface area (Å²) in [6, 6.07) is 14.7. The Bertz CT molecular complexity index is 906. The van der Waals surface area contributed by atoms with Crippen LogP contribution in [0.5, 0.6) is 17.2 Å². The number of hydrogen-bond donors (Lipinski definition) is 1. The summed E-state index contributed by atoms with van der Waals surface area (Å²) in [7, 11) is 0. The zero-order chi connectivity index (χ0) is 20.5. The van der Waals surface area contributed by atoms with Crippen molar-refractivity contribution >= 4 is 17.5 Å². The summed E-state index contributed by atoms with van der Waals surface area (Å²) in [6.07, 6.45) is 4.36. The van der Waals surface area contributed by atoms with Gasteiger partial charge in [0.15, 0.2) is 18.1 Å². The molecule has 1 N–H and O–H groups in total. The lowest BCUT2D eigenvalue weighted by Crippen LogP contribution is -2.50. The Morgan fingerprint density at radius 2 is 1.80 bits per heavy atom. The van der Waals surface area contributed by atoms with Gasteiger partial charge in [-0.05, 0) is 55.5 Å². The third kappa shape index (κ3) is 4.20. The van der Waals surface area contributed by atoms with E-state index in [-0.39, 0.29) is 25.3 Å². The Kier molecular flexibility index (Phi) is 5.44. The first kappa shape index (κ1) is 19.5. The normalized spacial score (nSPS) is 24.6. The van der Waals surface area contributed by atoms with Crippen molar-refractivity contribution in [2.24, 2.45) is 0 Å². The van der Waals surface area contributed by atoms with Crippen LogP contribution in [-0.4, -0.2) is 42.3 Å². The van der Waals surface area contributed by atoms with E-state index in [0.29, 0.717) is 29.3 Å². The zero-order valence-corrected chi connectivity index (χ0v) is 17.4. The topological polar surface area (TPSA) is 60.0 Å². The summed E-state index contributed by atoms with van der Waals surface area (Å²) < 4.78 is 16.3. The third-order valence-corrected chi connectivity index (χ3v) is 6.49. The van der Waals surface area contributed by atoms with E-state index in [4.69, 9.17) is 25.8 Å². The number of nitrogens with one attached hydrogen (secondary N) is 1. The fourth-order valence-corrected chi connectivity index (χ4v) is 4.96. The van der Waals surface area contributed by atoms with Gasteiger partial charge in [-0.25, -0.2) is 0 Å². The van der Waals surface area contributed by atoms with Gasteiger partial charge in [0.25, 0.3) is 5.91 Å². The summed E-state index contributed by atoms with van der Waals surface area (Å²) in [5, 5.41) is 3.94. The predicted molar refractivity (Wildman–Crippen MR) is 113 cm³/mol. The van der Waals surface area contributed by atoms with Crippen molar-refractivity contribution in [1.29, 1.82) is 0 Å². The van der Waals surface area contributed by atoms with Crippen LogP contribution in [0.3, 0.4) is 0 Å². The Labute approximate surface area is 181 Å². The highest BCUT2D eigenvalue weighted by Gasteiger charge is 2.40. The number of nitrogens with zero attached hydrogens (tertiary/aromatic N) is 1. The van der Waals surface area contributed by atoms with E-state index in [9.17, 15) is 4.79 Å². The SMILES string of the molecule is O=C(COc1ccc2c(c1)OCO2)NC1C[C@H]2CC[C@@H](C1)N2Cc1ccc(Cl)cc1. The van der Waals surface area contributed by atoms with E-state index in [1.807, 2.05) is 12.1 Å². The van der Waals surface area contributed by atoms with Crippen LogP contribution in [0.25, 0.3) is 0 Å². The average Bonchev–Trinajstić information content (AvgIpc) is 3.29. The standard InChI is InChI=1S/C23H25ClN2O4/c24-16-3-1-15(2-4-16)12-26-18-5-6-19(26)10-17(9-18)25-23(27)13-28-20-7-8-21-22(11-20)30-14-29-21/h1-4,7-8,11,17-19H,5-6,9-10,12-14H2,(H,25,27)/t17?,18-,19+. The van der Waals surface area contributed by atoms with Crippen LogP contribution in [0.15, 0.2) is 42.5 Å². The molecule has 5 rings (SSSR count). The fraction of sp³-hybridized carbons (Fsp3) is 0.435. The lowest BCUT2D eigenvalue weighted by atomic mass is 9.96. The fourth-order valence-electron chi connectivity index (χ4n) is 4.84. The molecule has 2 fully saturated rings. The summed E-state index contributed by atoms with van der Waals surface area (Å²) in [6.45, 7) is 1.17. The van der Waals surface area contributed by atoms with Gasteiger partial charge in [0, 0.05) is 35.8 Å². The van der Waals surface area contributed by atoms with Gasteiger partial charge >= 0.3 is 0 Å². The first-order chi connectivity index (χ1) is 14.6. The maximum atomic E-state index is 12.4. The van der Waals surface area contributed by atoms with Crippen LogP contribution in [0.2, 0.25) is 5.02 Å². The van der Waals surface area contributed by atoms with Gasteiger partial charge in [-0.1, -0.05) is 23.7 Å². The summed E-state index contributed by atoms with van der Waals surface area (Å²) in [4.78, 5) is 15.0. The molecule has 2 saturated heterocycles. The second-order valence-corrected chi connectivity index (χ2v) is 8.66. The molecule has 0 aromatic heterocycles. The van der Waals surface area contributed by atoms with Crippen molar-refractivity contribution < 1.29 is 19.0 Å². The summed E-state index contributed by atoms with van der Waals surface area (Å²) in [5.41, 5.74) is 1.29. The maximum Gasteiger partial charge on any atom is 0.258 e. The smallest absolute Gasteiger partial charge is 0.258 e. The van der Waals surface area contributed by atoms with Crippen LogP contribution >= 0.6 is 11.6 Å². The first-order valence-corrected chi connectivity index (χ1v) is 10.8. The number of rotatable bonds is 6. The first-order valence-electron chi connectivity index (χ1n) is 10.5. The van der Waals surface area contributed by atoms with E-state index in [1.165, 1.54) is 18.4 Å². The van der Waals surface area contributed by atoms with Gasteiger partial charge in [0.1, 0.15) is 5.75 Å². The number of carbonyl (C=O) groups is 1. The van der Waals surface area contributed by atoms with Gasteiger partial charge < -0.3 is 19.5 Å². The van der Waals surface area contributed by atoms with Gasteiger partial charge in [-0.15, -0.1) is 0 Å². The molecule has 3 aliphatic heterocycles. The molecule has 2 aromatic carbocycles. The predicted octanol–water partition coefficient (Wildman–Crippen LogP) is 3.76. The maximum absolute atomic E-state index is 12.4. The highest BCUT2D eigenvalue weighted by molar-refractivity contribution is 6.30. The molecule has 3 aliphatic rings. The van der Waals surface area contributed by atoms with Crippen molar-refractivity contribution in [2.75, 3.05) is 13.4 Å². The molecule has 3 atom stereocenters. The second-order valence-electron chi connectivity index (χ2n) is 8.22. The van der Waals surface area contributed by atoms with Crippen LogP contribution in [0, 0.1) is 0 Å². The quantitative estimate of drug-likeness (QED) is 0.759. The molecule has 6 nitrogen and oxygen atoms in total. The molecule has 0 radical (unpaired) electrons. The molecule has 7 heteroatoms. The Hall–Kier alpha value is -2.44. The molecule has 0 spiro atoms. The zero-order valence-electron chi connectivity index (χ0n) is 16.7. The van der Waals surface area contributed by atoms with Crippen molar-refractivity contribution in [3.8, 4) is 17.2 Å². The van der Waals surface area contributed by atoms with Crippen molar-refractivity contribution in [1.82, 2.24) is 10.2 Å². The number of ether oxygens (including phenoxy) is 3. The molecule has 2 bridgehead atoms. The molecule has 2 aromatic rings. The Balaban J connectivity index is 1.12. The lowest BCUT2D eigenvalue weighted by molar-refractivity contribution is -0.124. The van der Waals surface area contributed by atoms with E-state index >= 15 is 0 Å². The van der Waals surface area contributed by atoms with Crippen LogP contribution in [0.1, 0.15) is 31.2 Å². The van der Waals surface area contributed by atoms with Crippen LogP contribution in [0.4, 0.5) is 0 Å². The largest absolute Gasteiger partial charge is 0.484 e. The molecule has 1 unspecified atom stereocenters. The van der Waals surface area contributed by atoms with Gasteiger partial charge in [0.05, 0.1) is 0 Å². The second kappa shape index (κ2) is 8.36. The molecule has 1 amide bonds. The van der Waals surface area contributed by atoms with Gasteiger partial charge in [0.2, 0.25) is 6.79 Å². The number of amides is 1. The summed E-state index contributed by atoms with van der Waals surface area (Å²) >= 11 is 6.01. The van der Waals surface area contributed by atoms with Gasteiger partial charge in [-0.2, -0.15) is 0 Å². The van der Waals surface area contributed by atoms with Gasteiger partial charge in [-0.3, -0.25) is 9.69 Å². The van der Waals surface area contributed by atoms with E-state index in [0.717, 1.165) is 24.4 Å². The number of fused-ring (bicyclic) bond motifs is 3. The number of piperidine rings is 1. The number of hydrogen-bond acceptors (Lipinski definition) is 5. The highest BCUT2D eigenvalue weighted by Crippen LogP contribution is 2.37. The van der Waals surface area contributed by atoms with E-state index in [1.54, 1.807) is 18.2 Å². The van der Waals surface area contributed by atoms with E-state index < -0.39 is 0 Å². The van der Waals surface area contributed by atoms with Crippen molar-refractivity contribution in [3.63, 3.8) is 0 Å². The van der Waals surface area contributed by atoms with Crippen LogP contribution < -0.4 is 19.5 Å². The number of halogens is 1. The minimum atomic E-state index is -0.0804. The number of carbonyl (C=O) groups excluding carboxylic acids is 1. The molecular formula is C23H25ClN2O4. The highest BCUT2D eigenvalue weighted by atomic mass is 35.5. The van der Waals surface area contributed by atoms with E-state index in [2.05, 4.69) is 22.3 Å². The molecule has 30 heavy (non-hydrogen) atoms. The number of benzene rings is 2. The lowest BCUT2D eigenvalue weighted by Gasteiger charge is -2.39.